The Labute approximate surface area is 146 Å². The van der Waals surface area contributed by atoms with E-state index >= 15 is 0 Å². The van der Waals surface area contributed by atoms with Gasteiger partial charge in [0.25, 0.3) is 0 Å². The summed E-state index contributed by atoms with van der Waals surface area (Å²) in [4.78, 5) is 13.2. The van der Waals surface area contributed by atoms with Crippen LogP contribution in [-0.2, 0) is 18.9 Å². The van der Waals surface area contributed by atoms with Crippen LogP contribution in [0.1, 0.15) is 44.9 Å². The zero-order valence-electron chi connectivity index (χ0n) is 13.7. The van der Waals surface area contributed by atoms with Gasteiger partial charge in [0.15, 0.2) is 0 Å². The number of carbonyl (C=O) groups is 1. The maximum atomic E-state index is 12.3. The molecule has 5 nitrogen and oxygen atoms in total. The SMILES string of the molecule is O=C(OCC1C2CC3CC(C2)CC1C3)C1=CC=C(SOOO)CC1. The molecule has 4 saturated carbocycles. The summed E-state index contributed by atoms with van der Waals surface area (Å²) in [5.41, 5.74) is 0.716. The molecule has 0 aromatic carbocycles. The van der Waals surface area contributed by atoms with Crippen LogP contribution in [0.5, 0.6) is 0 Å². The molecule has 0 heterocycles. The molecule has 0 aromatic rings. The van der Waals surface area contributed by atoms with Gasteiger partial charge in [-0.2, -0.15) is 0 Å². The Morgan fingerprint density at radius 3 is 2.38 bits per heavy atom. The number of esters is 1. The highest BCUT2D eigenvalue weighted by Crippen LogP contribution is 2.56. The summed E-state index contributed by atoms with van der Waals surface area (Å²) in [6, 6.07) is 0. The van der Waals surface area contributed by atoms with Crippen LogP contribution < -0.4 is 0 Å². The maximum Gasteiger partial charge on any atom is 0.334 e. The minimum Gasteiger partial charge on any atom is -0.462 e. The average Bonchev–Trinajstić information content (AvgIpc) is 2.59. The van der Waals surface area contributed by atoms with Crippen LogP contribution in [0.15, 0.2) is 22.6 Å². The molecule has 0 aliphatic heterocycles. The van der Waals surface area contributed by atoms with Crippen molar-refractivity contribution in [2.24, 2.45) is 29.6 Å². The van der Waals surface area contributed by atoms with Gasteiger partial charge in [0.05, 0.1) is 18.6 Å². The van der Waals surface area contributed by atoms with Crippen LogP contribution in [0.25, 0.3) is 0 Å². The lowest BCUT2D eigenvalue weighted by atomic mass is 9.52. The van der Waals surface area contributed by atoms with E-state index < -0.39 is 0 Å². The monoisotopic (exact) mass is 352 g/mol. The summed E-state index contributed by atoms with van der Waals surface area (Å²) in [6.45, 7) is 0.595. The first kappa shape index (κ1) is 16.6. The van der Waals surface area contributed by atoms with Crippen molar-refractivity contribution in [3.05, 3.63) is 22.6 Å². The van der Waals surface area contributed by atoms with Crippen LogP contribution in [0.3, 0.4) is 0 Å². The second-order valence-electron chi connectivity index (χ2n) is 7.74. The van der Waals surface area contributed by atoms with Gasteiger partial charge in [-0.15, -0.1) is 4.33 Å². The van der Waals surface area contributed by atoms with Crippen molar-refractivity contribution in [3.8, 4) is 0 Å². The molecule has 6 heteroatoms. The molecule has 0 spiro atoms. The molecule has 0 atom stereocenters. The predicted molar refractivity (Wildman–Crippen MR) is 89.3 cm³/mol. The molecule has 5 rings (SSSR count). The first-order valence-electron chi connectivity index (χ1n) is 8.94. The smallest absolute Gasteiger partial charge is 0.334 e. The molecule has 0 radical (unpaired) electrons. The van der Waals surface area contributed by atoms with Gasteiger partial charge in [-0.25, -0.2) is 10.1 Å². The number of carbonyl (C=O) groups excluding carboxylic acids is 1. The zero-order chi connectivity index (χ0) is 16.5. The minimum absolute atomic E-state index is 0.177. The van der Waals surface area contributed by atoms with Crippen molar-refractivity contribution in [2.45, 2.75) is 44.9 Å². The van der Waals surface area contributed by atoms with E-state index in [0.717, 1.165) is 40.6 Å². The highest BCUT2D eigenvalue weighted by Gasteiger charge is 2.48. The van der Waals surface area contributed by atoms with E-state index in [4.69, 9.17) is 9.99 Å². The zero-order valence-corrected chi connectivity index (χ0v) is 14.5. The molecule has 24 heavy (non-hydrogen) atoms. The first-order chi connectivity index (χ1) is 11.7. The molecule has 5 aliphatic rings. The standard InChI is InChI=1S/C18H24O5S/c19-18(13-1-3-16(4-2-13)24-23-22-20)21-10-17-14-6-11-5-12(8-14)9-15(17)7-11/h1,3,11-12,14-15,17,20H,2,4-10H2. The molecule has 0 saturated heterocycles. The van der Waals surface area contributed by atoms with Crippen molar-refractivity contribution in [1.82, 2.24) is 0 Å². The fourth-order valence-electron chi connectivity index (χ4n) is 5.49. The largest absolute Gasteiger partial charge is 0.462 e. The first-order valence-corrected chi connectivity index (χ1v) is 9.68. The van der Waals surface area contributed by atoms with Crippen molar-refractivity contribution in [3.63, 3.8) is 0 Å². The normalized spacial score (nSPS) is 37.1. The van der Waals surface area contributed by atoms with Crippen LogP contribution in [0, 0.1) is 29.6 Å². The molecule has 4 bridgehead atoms. The third-order valence-corrected chi connectivity index (χ3v) is 7.06. The number of hydrogen-bond donors (Lipinski definition) is 1. The summed E-state index contributed by atoms with van der Waals surface area (Å²) in [6.07, 6.45) is 11.8. The highest BCUT2D eigenvalue weighted by molar-refractivity contribution is 7.98. The second-order valence-corrected chi connectivity index (χ2v) is 8.57. The lowest BCUT2D eigenvalue weighted by molar-refractivity contribution is -0.431. The third kappa shape index (κ3) is 3.43. The minimum atomic E-state index is -0.177. The van der Waals surface area contributed by atoms with E-state index in [0.29, 0.717) is 30.9 Å². The summed E-state index contributed by atoms with van der Waals surface area (Å²) in [5.74, 6) is 3.88. The third-order valence-electron chi connectivity index (χ3n) is 6.37. The van der Waals surface area contributed by atoms with E-state index in [-0.39, 0.29) is 5.97 Å². The van der Waals surface area contributed by atoms with E-state index in [1.165, 1.54) is 32.1 Å². The van der Waals surface area contributed by atoms with Gasteiger partial charge >= 0.3 is 5.97 Å². The summed E-state index contributed by atoms with van der Waals surface area (Å²) < 4.78 is 10.1. The lowest BCUT2D eigenvalue weighted by Crippen LogP contribution is -2.46. The lowest BCUT2D eigenvalue weighted by Gasteiger charge is -2.54. The Morgan fingerprint density at radius 1 is 1.08 bits per heavy atom. The summed E-state index contributed by atoms with van der Waals surface area (Å²) in [5, 5.41) is 11.7. The van der Waals surface area contributed by atoms with Gasteiger partial charge in [0.1, 0.15) is 0 Å². The van der Waals surface area contributed by atoms with Gasteiger partial charge in [-0.05, 0) is 80.6 Å². The topological polar surface area (TPSA) is 65.0 Å². The van der Waals surface area contributed by atoms with E-state index in [9.17, 15) is 4.79 Å². The number of hydrogen-bond acceptors (Lipinski definition) is 6. The van der Waals surface area contributed by atoms with Crippen LogP contribution >= 0.6 is 12.0 Å². The Morgan fingerprint density at radius 2 is 1.79 bits per heavy atom. The van der Waals surface area contributed by atoms with E-state index in [2.05, 4.69) is 9.37 Å². The predicted octanol–water partition coefficient (Wildman–Crippen LogP) is 4.28. The van der Waals surface area contributed by atoms with Gasteiger partial charge in [0.2, 0.25) is 0 Å². The fourth-order valence-corrected chi connectivity index (χ4v) is 5.92. The average molecular weight is 352 g/mol. The van der Waals surface area contributed by atoms with Gasteiger partial charge < -0.3 is 4.74 Å². The molecular weight excluding hydrogens is 328 g/mol. The molecule has 0 aromatic heterocycles. The van der Waals surface area contributed by atoms with Crippen molar-refractivity contribution in [2.75, 3.05) is 6.61 Å². The summed E-state index contributed by atoms with van der Waals surface area (Å²) >= 11 is 0.955. The Bertz CT molecular complexity index is 528. The van der Waals surface area contributed by atoms with E-state index in [1.54, 1.807) is 6.08 Å². The van der Waals surface area contributed by atoms with Crippen LogP contribution in [0.4, 0.5) is 0 Å². The molecular formula is C18H24O5S. The fraction of sp³-hybridized carbons (Fsp3) is 0.722. The van der Waals surface area contributed by atoms with Crippen LogP contribution in [0.2, 0.25) is 0 Å². The maximum absolute atomic E-state index is 12.3. The molecule has 1 N–H and O–H groups in total. The quantitative estimate of drug-likeness (QED) is 0.333. The Balaban J connectivity index is 1.30. The Hall–Kier alpha value is -0.820. The summed E-state index contributed by atoms with van der Waals surface area (Å²) in [7, 11) is 0. The van der Waals surface area contributed by atoms with Gasteiger partial charge in [0, 0.05) is 10.5 Å². The van der Waals surface area contributed by atoms with Crippen molar-refractivity contribution in [1.29, 1.82) is 0 Å². The number of rotatable bonds is 6. The van der Waals surface area contributed by atoms with Crippen molar-refractivity contribution < 1.29 is 24.2 Å². The van der Waals surface area contributed by atoms with E-state index in [1.807, 2.05) is 6.08 Å². The second kappa shape index (κ2) is 7.20. The molecule has 0 amide bonds. The van der Waals surface area contributed by atoms with Crippen LogP contribution in [-0.4, -0.2) is 17.8 Å². The van der Waals surface area contributed by atoms with Crippen molar-refractivity contribution >= 4 is 18.0 Å². The molecule has 132 valence electrons. The number of ether oxygens (including phenoxy) is 1. The number of allylic oxidation sites excluding steroid dienone is 3. The highest BCUT2D eigenvalue weighted by atomic mass is 32.2. The molecule has 5 aliphatic carbocycles. The molecule has 4 fully saturated rings. The molecule has 0 unspecified atom stereocenters. The van der Waals surface area contributed by atoms with Gasteiger partial charge in [-0.1, -0.05) is 11.1 Å². The van der Waals surface area contributed by atoms with Gasteiger partial charge in [-0.3, -0.25) is 0 Å². The Kier molecular flexibility index (Phi) is 4.99.